The second kappa shape index (κ2) is 7.38. The van der Waals surface area contributed by atoms with Crippen molar-refractivity contribution in [1.29, 1.82) is 5.26 Å². The number of hydrogen-bond donors (Lipinski definition) is 1. The van der Waals surface area contributed by atoms with Gasteiger partial charge in [0.25, 0.3) is 6.02 Å². The summed E-state index contributed by atoms with van der Waals surface area (Å²) >= 11 is 0. The maximum atomic E-state index is 9.31. The molecular weight excluding hydrogens is 398 g/mol. The number of aromatic nitrogens is 1. The third kappa shape index (κ3) is 3.22. The molecule has 5 rings (SSSR count). The number of fused-ring (bicyclic) bond motifs is 3. The Morgan fingerprint density at radius 1 is 1.19 bits per heavy atom. The lowest BCUT2D eigenvalue weighted by molar-refractivity contribution is -0.0226. The van der Waals surface area contributed by atoms with Gasteiger partial charge in [0, 0.05) is 42.3 Å². The molecular formula is C24H28B2N4O2. The van der Waals surface area contributed by atoms with Gasteiger partial charge in [-0.1, -0.05) is 12.1 Å². The van der Waals surface area contributed by atoms with Gasteiger partial charge in [-0.2, -0.15) is 5.26 Å². The Morgan fingerprint density at radius 3 is 2.66 bits per heavy atom. The molecule has 0 bridgehead atoms. The Balaban J connectivity index is 1.67. The summed E-state index contributed by atoms with van der Waals surface area (Å²) in [6, 6.07) is 11.0. The van der Waals surface area contributed by atoms with E-state index >= 15 is 0 Å². The van der Waals surface area contributed by atoms with Crippen LogP contribution in [0.2, 0.25) is 0 Å². The highest BCUT2D eigenvalue weighted by Crippen LogP contribution is 2.63. The molecule has 1 saturated carbocycles. The van der Waals surface area contributed by atoms with E-state index in [1.165, 1.54) is 11.1 Å². The molecule has 2 N–H and O–H groups in total. The summed E-state index contributed by atoms with van der Waals surface area (Å²) in [5.41, 5.74) is 11.0. The zero-order valence-electron chi connectivity index (χ0n) is 19.0. The van der Waals surface area contributed by atoms with Crippen LogP contribution < -0.4 is 5.73 Å². The molecule has 0 saturated heterocycles. The topological polar surface area (TPSA) is 93.5 Å². The number of pyridine rings is 1. The normalized spacial score (nSPS) is 30.4. The van der Waals surface area contributed by atoms with Gasteiger partial charge in [-0.15, -0.1) is 0 Å². The van der Waals surface area contributed by atoms with E-state index in [0.29, 0.717) is 11.7 Å². The van der Waals surface area contributed by atoms with Crippen molar-refractivity contribution in [2.45, 2.75) is 55.6 Å². The minimum atomic E-state index is -0.427. The van der Waals surface area contributed by atoms with E-state index < -0.39 is 10.9 Å². The number of hydrogen-bond acceptors (Lipinski definition) is 6. The predicted octanol–water partition coefficient (Wildman–Crippen LogP) is 1.60. The SMILES string of the molecule is BC1(B)CC2(N=C(N)O1)c1cc(-c3cncc(C#N)c3)ccc1C[C@]21CC[C@@H](OC)CC1. The molecule has 2 aromatic rings. The molecule has 2 heterocycles. The molecule has 2 spiro atoms. The van der Waals surface area contributed by atoms with Crippen molar-refractivity contribution in [3.05, 3.63) is 53.3 Å². The first-order valence-corrected chi connectivity index (χ1v) is 11.4. The molecule has 162 valence electrons. The largest absolute Gasteiger partial charge is 0.478 e. The molecule has 1 atom stereocenters. The van der Waals surface area contributed by atoms with Gasteiger partial charge in [0.1, 0.15) is 21.8 Å². The van der Waals surface area contributed by atoms with Crippen LogP contribution in [0.3, 0.4) is 0 Å². The Bertz CT molecular complexity index is 1140. The number of nitriles is 1. The molecule has 1 aromatic carbocycles. The molecule has 0 amide bonds. The fourth-order valence-electron chi connectivity index (χ4n) is 6.37. The number of methoxy groups -OCH3 is 1. The monoisotopic (exact) mass is 426 g/mol. The summed E-state index contributed by atoms with van der Waals surface area (Å²) < 4.78 is 11.6. The molecule has 8 heteroatoms. The van der Waals surface area contributed by atoms with E-state index in [2.05, 4.69) is 44.9 Å². The Kier molecular flexibility index (Phi) is 4.86. The Morgan fingerprint density at radius 2 is 1.97 bits per heavy atom. The Hall–Kier alpha value is -2.78. The maximum Gasteiger partial charge on any atom is 0.281 e. The first kappa shape index (κ1) is 21.1. The van der Waals surface area contributed by atoms with Crippen LogP contribution in [0, 0.1) is 16.7 Å². The summed E-state index contributed by atoms with van der Waals surface area (Å²) in [4.78, 5) is 9.37. The standard InChI is InChI=1S/C24H28B2N4O2/c1-31-19-4-6-22(7-5-19)10-17-3-2-16(18-8-15(11-27)12-29-13-18)9-20(17)23(22)14-24(25,26)32-21(28)30-23/h2-3,8-9,12-13,19H,4-7,10,14,25-26H2,1H3,(H2,28,30)/t19-,22-,23?. The predicted molar refractivity (Wildman–Crippen MR) is 129 cm³/mol. The average Bonchev–Trinajstić information content (AvgIpc) is 3.00. The van der Waals surface area contributed by atoms with Crippen molar-refractivity contribution >= 4 is 21.7 Å². The number of nitrogens with zero attached hydrogens (tertiary/aromatic N) is 3. The number of rotatable bonds is 2. The summed E-state index contributed by atoms with van der Waals surface area (Å²) in [7, 11) is 6.02. The van der Waals surface area contributed by atoms with Crippen molar-refractivity contribution in [3.8, 4) is 17.2 Å². The lowest BCUT2D eigenvalue weighted by Gasteiger charge is -2.52. The fourth-order valence-corrected chi connectivity index (χ4v) is 6.37. The smallest absolute Gasteiger partial charge is 0.281 e. The molecule has 1 aliphatic heterocycles. The minimum Gasteiger partial charge on any atom is -0.478 e. The van der Waals surface area contributed by atoms with Gasteiger partial charge in [-0.25, -0.2) is 4.99 Å². The first-order chi connectivity index (χ1) is 15.3. The highest BCUT2D eigenvalue weighted by atomic mass is 16.5. The number of aliphatic imine (C=N–C) groups is 1. The van der Waals surface area contributed by atoms with Crippen LogP contribution in [0.1, 0.15) is 48.8 Å². The highest BCUT2D eigenvalue weighted by molar-refractivity contribution is 6.39. The van der Waals surface area contributed by atoms with Gasteiger partial charge >= 0.3 is 0 Å². The van der Waals surface area contributed by atoms with Crippen LogP contribution in [-0.4, -0.2) is 45.3 Å². The number of ether oxygens (including phenoxy) is 2. The highest BCUT2D eigenvalue weighted by Gasteiger charge is 2.61. The Labute approximate surface area is 191 Å². The van der Waals surface area contributed by atoms with Gasteiger partial charge in [0.2, 0.25) is 0 Å². The second-order valence-electron chi connectivity index (χ2n) is 10.2. The van der Waals surface area contributed by atoms with Crippen LogP contribution >= 0.6 is 0 Å². The average molecular weight is 426 g/mol. The summed E-state index contributed by atoms with van der Waals surface area (Å²) in [6.07, 6.45) is 9.65. The first-order valence-electron chi connectivity index (χ1n) is 11.4. The van der Waals surface area contributed by atoms with Crippen molar-refractivity contribution in [1.82, 2.24) is 4.98 Å². The van der Waals surface area contributed by atoms with E-state index in [-0.39, 0.29) is 11.4 Å². The second-order valence-corrected chi connectivity index (χ2v) is 10.2. The van der Waals surface area contributed by atoms with E-state index in [0.717, 1.165) is 49.7 Å². The van der Waals surface area contributed by atoms with Gasteiger partial charge in [0.05, 0.1) is 17.2 Å². The van der Waals surface area contributed by atoms with E-state index in [9.17, 15) is 5.26 Å². The van der Waals surface area contributed by atoms with Gasteiger partial charge in [-0.05, 0) is 60.9 Å². The van der Waals surface area contributed by atoms with Crippen LogP contribution in [0.5, 0.6) is 0 Å². The number of amidine groups is 1. The third-order valence-corrected chi connectivity index (χ3v) is 7.75. The van der Waals surface area contributed by atoms with Crippen molar-refractivity contribution < 1.29 is 9.47 Å². The summed E-state index contributed by atoms with van der Waals surface area (Å²) in [5, 5.41) is 8.91. The summed E-state index contributed by atoms with van der Waals surface area (Å²) in [5.74, 6) is 0. The zero-order chi connectivity index (χ0) is 22.6. The van der Waals surface area contributed by atoms with Crippen molar-refractivity contribution in [2.24, 2.45) is 16.1 Å². The minimum absolute atomic E-state index is 0.00140. The van der Waals surface area contributed by atoms with Crippen LogP contribution in [0.4, 0.5) is 0 Å². The molecule has 1 aromatic heterocycles. The molecule has 1 fully saturated rings. The molecule has 0 radical (unpaired) electrons. The van der Waals surface area contributed by atoms with Crippen LogP contribution in [-0.2, 0) is 21.4 Å². The van der Waals surface area contributed by atoms with Crippen LogP contribution in [0.15, 0.2) is 41.7 Å². The molecule has 3 aliphatic rings. The van der Waals surface area contributed by atoms with E-state index in [4.69, 9.17) is 20.2 Å². The van der Waals surface area contributed by atoms with Gasteiger partial charge in [-0.3, -0.25) is 4.98 Å². The molecule has 2 aliphatic carbocycles. The van der Waals surface area contributed by atoms with Gasteiger partial charge in [0.15, 0.2) is 0 Å². The van der Waals surface area contributed by atoms with E-state index in [1.54, 1.807) is 6.20 Å². The quantitative estimate of drug-likeness (QED) is 0.737. The fraction of sp³-hybridized carbons (Fsp3) is 0.458. The van der Waals surface area contributed by atoms with Crippen molar-refractivity contribution in [3.63, 3.8) is 0 Å². The molecule has 6 nitrogen and oxygen atoms in total. The third-order valence-electron chi connectivity index (χ3n) is 7.75. The van der Waals surface area contributed by atoms with E-state index in [1.807, 2.05) is 19.4 Å². The number of benzene rings is 1. The lowest BCUT2D eigenvalue weighted by Crippen LogP contribution is -2.56. The van der Waals surface area contributed by atoms with Gasteiger partial charge < -0.3 is 15.2 Å². The van der Waals surface area contributed by atoms with Crippen molar-refractivity contribution in [2.75, 3.05) is 7.11 Å². The van der Waals surface area contributed by atoms with Crippen LogP contribution in [0.25, 0.3) is 11.1 Å². The summed E-state index contributed by atoms with van der Waals surface area (Å²) in [6.45, 7) is 0. The molecule has 32 heavy (non-hydrogen) atoms. The molecule has 1 unspecified atom stereocenters. The number of nitrogens with two attached hydrogens (primary N) is 1. The zero-order valence-corrected chi connectivity index (χ0v) is 19.0. The lowest BCUT2D eigenvalue weighted by atomic mass is 9.52. The maximum absolute atomic E-state index is 9.31.